The van der Waals surface area contributed by atoms with E-state index in [0.29, 0.717) is 0 Å². The van der Waals surface area contributed by atoms with Crippen molar-refractivity contribution < 1.29 is 5.11 Å². The van der Waals surface area contributed by atoms with Crippen molar-refractivity contribution in [1.29, 1.82) is 0 Å². The number of nitrogens with zero attached hydrogens (tertiary/aromatic N) is 1. The Bertz CT molecular complexity index is 87.3. The summed E-state index contributed by atoms with van der Waals surface area (Å²) in [6.07, 6.45) is 3.50. The fraction of sp³-hybridized carbons (Fsp3) is 1.00. The van der Waals surface area contributed by atoms with Crippen LogP contribution in [0.5, 0.6) is 0 Å². The van der Waals surface area contributed by atoms with Crippen molar-refractivity contribution in [3.63, 3.8) is 0 Å². The molecule has 1 aliphatic rings. The Morgan fingerprint density at radius 3 is 2.50 bits per heavy atom. The topological polar surface area (TPSA) is 23.5 Å². The van der Waals surface area contributed by atoms with Gasteiger partial charge in [-0.25, -0.2) is 0 Å². The summed E-state index contributed by atoms with van der Waals surface area (Å²) >= 11 is 0. The molecule has 0 saturated carbocycles. The van der Waals surface area contributed by atoms with E-state index in [1.54, 1.807) is 0 Å². The molecule has 1 N–H and O–H groups in total. The minimum atomic E-state index is -0.124. The van der Waals surface area contributed by atoms with Gasteiger partial charge in [-0.1, -0.05) is 0 Å². The predicted octanol–water partition coefficient (Wildman–Crippen LogP) is 0.853. The van der Waals surface area contributed by atoms with Gasteiger partial charge in [0.05, 0.1) is 6.10 Å². The van der Waals surface area contributed by atoms with Gasteiger partial charge in [0.15, 0.2) is 0 Å². The van der Waals surface area contributed by atoms with Crippen molar-refractivity contribution in [2.75, 3.05) is 19.6 Å². The Kier molecular flexibility index (Phi) is 3.16. The molecule has 10 heavy (non-hydrogen) atoms. The fourth-order valence-corrected chi connectivity index (χ4v) is 1.38. The van der Waals surface area contributed by atoms with Crippen LogP contribution in [0.15, 0.2) is 0 Å². The van der Waals surface area contributed by atoms with Crippen molar-refractivity contribution in [3.8, 4) is 0 Å². The van der Waals surface area contributed by atoms with Gasteiger partial charge in [-0.05, 0) is 39.3 Å². The van der Waals surface area contributed by atoms with E-state index in [1.807, 2.05) is 6.92 Å². The standard InChI is InChI=1S/C8H17NO/c1-8(10)4-7-9-5-2-3-6-9/h8,10H,2-7H2,1H3/t8-/m1/s1. The molecule has 1 saturated heterocycles. The van der Waals surface area contributed by atoms with E-state index in [2.05, 4.69) is 4.90 Å². The van der Waals surface area contributed by atoms with Crippen molar-refractivity contribution >= 4 is 0 Å². The Morgan fingerprint density at radius 2 is 2.00 bits per heavy atom. The molecule has 1 aliphatic heterocycles. The molecule has 2 nitrogen and oxygen atoms in total. The average molecular weight is 143 g/mol. The summed E-state index contributed by atoms with van der Waals surface area (Å²) in [5, 5.41) is 8.99. The second kappa shape index (κ2) is 3.94. The molecule has 0 unspecified atom stereocenters. The highest BCUT2D eigenvalue weighted by atomic mass is 16.3. The summed E-state index contributed by atoms with van der Waals surface area (Å²) in [6.45, 7) is 5.42. The van der Waals surface area contributed by atoms with E-state index in [-0.39, 0.29) is 6.10 Å². The smallest absolute Gasteiger partial charge is 0.0524 e. The maximum atomic E-state index is 8.99. The van der Waals surface area contributed by atoms with Gasteiger partial charge >= 0.3 is 0 Å². The molecule has 0 radical (unpaired) electrons. The van der Waals surface area contributed by atoms with Gasteiger partial charge in [0.1, 0.15) is 0 Å². The van der Waals surface area contributed by atoms with Crippen molar-refractivity contribution in [2.24, 2.45) is 0 Å². The van der Waals surface area contributed by atoms with Crippen LogP contribution < -0.4 is 0 Å². The van der Waals surface area contributed by atoms with Crippen LogP contribution in [-0.4, -0.2) is 35.7 Å². The molecule has 1 atom stereocenters. The van der Waals surface area contributed by atoms with E-state index in [4.69, 9.17) is 5.11 Å². The lowest BCUT2D eigenvalue weighted by Gasteiger charge is -2.14. The van der Waals surface area contributed by atoms with Gasteiger partial charge in [-0.2, -0.15) is 0 Å². The molecule has 0 aromatic carbocycles. The van der Waals surface area contributed by atoms with Crippen LogP contribution in [0.25, 0.3) is 0 Å². The van der Waals surface area contributed by atoms with Gasteiger partial charge in [0.25, 0.3) is 0 Å². The molecule has 1 fully saturated rings. The zero-order chi connectivity index (χ0) is 7.40. The van der Waals surface area contributed by atoms with E-state index >= 15 is 0 Å². The van der Waals surface area contributed by atoms with Crippen LogP contribution in [0.2, 0.25) is 0 Å². The third-order valence-corrected chi connectivity index (χ3v) is 2.06. The molecule has 1 rings (SSSR count). The van der Waals surface area contributed by atoms with Gasteiger partial charge in [-0.15, -0.1) is 0 Å². The minimum absolute atomic E-state index is 0.124. The van der Waals surface area contributed by atoms with E-state index in [9.17, 15) is 0 Å². The third-order valence-electron chi connectivity index (χ3n) is 2.06. The first-order valence-corrected chi connectivity index (χ1v) is 4.19. The summed E-state index contributed by atoms with van der Waals surface area (Å²) in [5.41, 5.74) is 0. The van der Waals surface area contributed by atoms with Gasteiger partial charge in [0.2, 0.25) is 0 Å². The first-order chi connectivity index (χ1) is 4.79. The molecule has 60 valence electrons. The number of hydrogen-bond donors (Lipinski definition) is 1. The van der Waals surface area contributed by atoms with Crippen molar-refractivity contribution in [2.45, 2.75) is 32.3 Å². The molecule has 1 heterocycles. The van der Waals surface area contributed by atoms with Crippen LogP contribution in [0.3, 0.4) is 0 Å². The monoisotopic (exact) mass is 143 g/mol. The summed E-state index contributed by atoms with van der Waals surface area (Å²) in [7, 11) is 0. The third kappa shape index (κ3) is 2.67. The number of rotatable bonds is 3. The lowest BCUT2D eigenvalue weighted by Crippen LogP contribution is -2.23. The number of aliphatic hydroxyl groups excluding tert-OH is 1. The first-order valence-electron chi connectivity index (χ1n) is 4.19. The second-order valence-electron chi connectivity index (χ2n) is 3.19. The van der Waals surface area contributed by atoms with Crippen LogP contribution in [-0.2, 0) is 0 Å². The van der Waals surface area contributed by atoms with Crippen molar-refractivity contribution in [3.05, 3.63) is 0 Å². The largest absolute Gasteiger partial charge is 0.393 e. The van der Waals surface area contributed by atoms with E-state index in [1.165, 1.54) is 25.9 Å². The zero-order valence-electron chi connectivity index (χ0n) is 6.71. The molecule has 2 heteroatoms. The SMILES string of the molecule is C[C@@H](O)CCN1CCCC1. The van der Waals surface area contributed by atoms with E-state index < -0.39 is 0 Å². The number of aliphatic hydroxyl groups is 1. The second-order valence-corrected chi connectivity index (χ2v) is 3.19. The molecule has 0 amide bonds. The fourth-order valence-electron chi connectivity index (χ4n) is 1.38. The molecular formula is C8H17NO. The van der Waals surface area contributed by atoms with Crippen molar-refractivity contribution in [1.82, 2.24) is 4.90 Å². The quantitative estimate of drug-likeness (QED) is 0.633. The average Bonchev–Trinajstić information content (AvgIpc) is 2.34. The molecular weight excluding hydrogens is 126 g/mol. The number of likely N-dealkylation sites (tertiary alicyclic amines) is 1. The molecule has 0 spiro atoms. The highest BCUT2D eigenvalue weighted by Gasteiger charge is 2.10. The lowest BCUT2D eigenvalue weighted by molar-refractivity contribution is 0.164. The lowest BCUT2D eigenvalue weighted by atomic mass is 10.3. The molecule has 0 aromatic rings. The predicted molar refractivity (Wildman–Crippen MR) is 42.0 cm³/mol. The van der Waals surface area contributed by atoms with Gasteiger partial charge < -0.3 is 10.0 Å². The highest BCUT2D eigenvalue weighted by molar-refractivity contribution is 4.66. The zero-order valence-corrected chi connectivity index (χ0v) is 6.71. The van der Waals surface area contributed by atoms with Crippen LogP contribution >= 0.6 is 0 Å². The van der Waals surface area contributed by atoms with Crippen LogP contribution in [0.4, 0.5) is 0 Å². The maximum Gasteiger partial charge on any atom is 0.0524 e. The number of hydrogen-bond acceptors (Lipinski definition) is 2. The summed E-state index contributed by atoms with van der Waals surface area (Å²) in [4.78, 5) is 2.42. The van der Waals surface area contributed by atoms with Gasteiger partial charge in [-0.3, -0.25) is 0 Å². The Morgan fingerprint density at radius 1 is 1.40 bits per heavy atom. The van der Waals surface area contributed by atoms with Crippen LogP contribution in [0.1, 0.15) is 26.2 Å². The minimum Gasteiger partial charge on any atom is -0.393 e. The Hall–Kier alpha value is -0.0800. The summed E-state index contributed by atoms with van der Waals surface area (Å²) < 4.78 is 0. The summed E-state index contributed by atoms with van der Waals surface area (Å²) in [6, 6.07) is 0. The highest BCUT2D eigenvalue weighted by Crippen LogP contribution is 2.07. The first kappa shape index (κ1) is 8.02. The molecule has 0 aliphatic carbocycles. The maximum absolute atomic E-state index is 8.99. The summed E-state index contributed by atoms with van der Waals surface area (Å²) in [5.74, 6) is 0. The Balaban J connectivity index is 2.01. The normalized spacial score (nSPS) is 23.4. The van der Waals surface area contributed by atoms with Gasteiger partial charge in [0, 0.05) is 6.54 Å². The molecule has 0 bridgehead atoms. The Labute approximate surface area is 62.8 Å². The van der Waals surface area contributed by atoms with Crippen LogP contribution in [0, 0.1) is 0 Å². The molecule has 0 aromatic heterocycles. The van der Waals surface area contributed by atoms with E-state index in [0.717, 1.165) is 13.0 Å².